The molecule has 0 unspecified atom stereocenters. The van der Waals surface area contributed by atoms with Crippen molar-refractivity contribution in [2.45, 2.75) is 90.4 Å². The molecule has 0 radical (unpaired) electrons. The zero-order chi connectivity index (χ0) is 41.6. The van der Waals surface area contributed by atoms with Crippen molar-refractivity contribution < 1.29 is 56.9 Å². The fraction of sp³-hybridized carbons (Fsp3) is 0.500. The number of aliphatic hydroxyl groups is 1. The van der Waals surface area contributed by atoms with Crippen LogP contribution in [0.4, 0.5) is 18.0 Å². The average molecular weight is 784 g/mol. The lowest BCUT2D eigenvalue weighted by Crippen LogP contribution is -2.58. The number of nitrogens with one attached hydrogen (secondary N) is 4. The Morgan fingerprint density at radius 1 is 0.855 bits per heavy atom. The van der Waals surface area contributed by atoms with Gasteiger partial charge in [-0.25, -0.2) is 9.59 Å². The van der Waals surface area contributed by atoms with Gasteiger partial charge in [0.2, 0.25) is 23.7 Å². The second kappa shape index (κ2) is 24.7. The largest absolute Gasteiger partial charge is 0.490 e. The molecule has 0 aliphatic rings. The number of aliphatic carboxylic acids is 1. The number of carbonyl (C=O) groups excluding carboxylic acids is 4. The van der Waals surface area contributed by atoms with E-state index in [1.807, 2.05) is 50.2 Å². The van der Waals surface area contributed by atoms with Crippen LogP contribution in [0.3, 0.4) is 0 Å². The highest BCUT2D eigenvalue weighted by Crippen LogP contribution is 2.14. The quantitative estimate of drug-likeness (QED) is 0.0418. The summed E-state index contributed by atoms with van der Waals surface area (Å²) >= 11 is 0. The zero-order valence-electron chi connectivity index (χ0n) is 31.2. The first kappa shape index (κ1) is 47.4. The molecule has 0 spiro atoms. The number of benzene rings is 2. The molecule has 0 saturated heterocycles. The van der Waals surface area contributed by atoms with Gasteiger partial charge in [0.05, 0.1) is 18.6 Å². The van der Waals surface area contributed by atoms with E-state index in [4.69, 9.17) is 30.9 Å². The molecule has 16 nitrogen and oxygen atoms in total. The van der Waals surface area contributed by atoms with Gasteiger partial charge in [-0.15, -0.1) is 0 Å². The van der Waals surface area contributed by atoms with E-state index >= 15 is 0 Å². The zero-order valence-corrected chi connectivity index (χ0v) is 31.2. The molecule has 306 valence electrons. The highest BCUT2D eigenvalue weighted by Gasteiger charge is 2.38. The Hall–Kier alpha value is -5.59. The predicted octanol–water partition coefficient (Wildman–Crippen LogP) is 2.29. The monoisotopic (exact) mass is 783 g/mol. The van der Waals surface area contributed by atoms with E-state index in [0.717, 1.165) is 11.1 Å². The Bertz CT molecular complexity index is 1510. The Morgan fingerprint density at radius 2 is 1.42 bits per heavy atom. The van der Waals surface area contributed by atoms with Gasteiger partial charge in [-0.3, -0.25) is 14.4 Å². The van der Waals surface area contributed by atoms with E-state index < -0.39 is 54.3 Å². The molecule has 2 aromatic rings. The summed E-state index contributed by atoms with van der Waals surface area (Å²) in [7, 11) is 0. The molecule has 0 fully saturated rings. The van der Waals surface area contributed by atoms with E-state index in [-0.39, 0.29) is 49.8 Å². The Kier molecular flexibility index (Phi) is 21.3. The van der Waals surface area contributed by atoms with Gasteiger partial charge in [0, 0.05) is 13.0 Å². The first-order chi connectivity index (χ1) is 25.8. The van der Waals surface area contributed by atoms with Crippen LogP contribution >= 0.6 is 0 Å². The Balaban J connectivity index is 0.00000196. The number of carbonyl (C=O) groups is 5. The van der Waals surface area contributed by atoms with Gasteiger partial charge in [-0.05, 0) is 41.0 Å². The number of oxime groups is 1. The van der Waals surface area contributed by atoms with Gasteiger partial charge < -0.3 is 52.5 Å². The summed E-state index contributed by atoms with van der Waals surface area (Å²) in [6.07, 6.45) is -6.33. The molecule has 0 bridgehead atoms. The Morgan fingerprint density at radius 3 is 1.93 bits per heavy atom. The van der Waals surface area contributed by atoms with Crippen molar-refractivity contribution in [3.8, 4) is 0 Å². The SMILES string of the molecule is CC(C)C[C@H](NC(=O)[C@@H](NC(=O)[C@H](CCON=C(N)N)NC(=O)OCc1ccccc1)C(C)C)[C@H](O)CC(=O)NCCc1ccccc1.O=C(O)C(F)(F)F. The number of halogens is 3. The molecule has 19 heteroatoms. The number of rotatable bonds is 20. The molecular formula is C36H52F3N7O9. The van der Waals surface area contributed by atoms with Crippen molar-refractivity contribution in [3.63, 3.8) is 0 Å². The van der Waals surface area contributed by atoms with Crippen molar-refractivity contribution >= 4 is 35.7 Å². The number of aliphatic hydroxyl groups excluding tert-OH is 1. The summed E-state index contributed by atoms with van der Waals surface area (Å²) in [6.45, 7) is 7.62. The lowest BCUT2D eigenvalue weighted by Gasteiger charge is -2.30. The minimum absolute atomic E-state index is 0.0207. The first-order valence-corrected chi connectivity index (χ1v) is 17.4. The summed E-state index contributed by atoms with van der Waals surface area (Å²) in [6, 6.07) is 15.7. The number of hydrogen-bond donors (Lipinski definition) is 8. The molecule has 0 aliphatic carbocycles. The van der Waals surface area contributed by atoms with Crippen LogP contribution in [0.1, 0.15) is 58.1 Å². The van der Waals surface area contributed by atoms with Crippen molar-refractivity contribution in [2.75, 3.05) is 13.2 Å². The van der Waals surface area contributed by atoms with Gasteiger partial charge in [-0.2, -0.15) is 13.2 Å². The predicted molar refractivity (Wildman–Crippen MR) is 196 cm³/mol. The number of carboxylic acid groups (broad SMARTS) is 1. The fourth-order valence-electron chi connectivity index (χ4n) is 4.74. The molecule has 2 aromatic carbocycles. The van der Waals surface area contributed by atoms with Crippen LogP contribution in [0.15, 0.2) is 65.8 Å². The van der Waals surface area contributed by atoms with Gasteiger partial charge in [0.1, 0.15) is 25.3 Å². The maximum absolute atomic E-state index is 13.6. The second-order valence-corrected chi connectivity index (χ2v) is 13.0. The molecule has 55 heavy (non-hydrogen) atoms. The number of alkyl carbamates (subject to hydrolysis) is 1. The fourth-order valence-corrected chi connectivity index (χ4v) is 4.74. The number of alkyl halides is 3. The number of guanidine groups is 1. The van der Waals surface area contributed by atoms with E-state index in [1.54, 1.807) is 38.1 Å². The molecule has 0 aliphatic heterocycles. The molecular weight excluding hydrogens is 731 g/mol. The molecule has 2 rings (SSSR count). The molecule has 10 N–H and O–H groups in total. The number of hydrogen-bond acceptors (Lipinski definition) is 9. The number of nitrogens with two attached hydrogens (primary N) is 2. The first-order valence-electron chi connectivity index (χ1n) is 17.4. The maximum Gasteiger partial charge on any atom is 0.490 e. The summed E-state index contributed by atoms with van der Waals surface area (Å²) in [5.41, 5.74) is 12.4. The van der Waals surface area contributed by atoms with Crippen LogP contribution in [0.2, 0.25) is 0 Å². The lowest BCUT2D eigenvalue weighted by atomic mass is 9.95. The summed E-state index contributed by atoms with van der Waals surface area (Å²) in [5.74, 6) is -4.93. The van der Waals surface area contributed by atoms with Crippen LogP contribution in [0.5, 0.6) is 0 Å². The van der Waals surface area contributed by atoms with Gasteiger partial charge >= 0.3 is 18.2 Å². The van der Waals surface area contributed by atoms with Crippen LogP contribution < -0.4 is 32.7 Å². The normalized spacial score (nSPS) is 13.1. The van der Waals surface area contributed by atoms with Gasteiger partial charge in [-0.1, -0.05) is 88.4 Å². The van der Waals surface area contributed by atoms with Gasteiger partial charge in [0.15, 0.2) is 0 Å². The topological polar surface area (TPSA) is 257 Å². The molecule has 0 aromatic heterocycles. The standard InChI is InChI=1S/C34H51N7O7.C2HF3O2/c1-22(2)19-27(28(42)20-29(43)37-17-15-24-11-7-5-8-12-24)38-32(45)30(23(3)4)40-31(44)26(16-18-48-41-33(35)36)39-34(46)47-21-25-13-9-6-10-14-25;3-2(4,5)1(6)7/h5-14,22-23,26-28,30,42H,15-21H2,1-4H3,(H,37,43)(H,38,45)(H,39,46)(H,40,44)(H4,35,36,41);(H,6,7)/t26-,27-,28+,30-;/m0./s1. The number of carboxylic acids is 1. The summed E-state index contributed by atoms with van der Waals surface area (Å²) in [4.78, 5) is 66.1. The minimum atomic E-state index is -5.08. The summed E-state index contributed by atoms with van der Waals surface area (Å²) in [5, 5.41) is 32.4. The number of ether oxygens (including phenoxy) is 1. The molecule has 4 atom stereocenters. The third-order valence-corrected chi connectivity index (χ3v) is 7.47. The van der Waals surface area contributed by atoms with Crippen molar-refractivity contribution in [1.82, 2.24) is 21.3 Å². The van der Waals surface area contributed by atoms with E-state index in [9.17, 15) is 37.5 Å². The summed E-state index contributed by atoms with van der Waals surface area (Å²) < 4.78 is 37.0. The van der Waals surface area contributed by atoms with Crippen LogP contribution in [0.25, 0.3) is 0 Å². The van der Waals surface area contributed by atoms with Crippen molar-refractivity contribution in [2.24, 2.45) is 28.5 Å². The van der Waals surface area contributed by atoms with E-state index in [1.165, 1.54) is 0 Å². The van der Waals surface area contributed by atoms with E-state index in [0.29, 0.717) is 19.4 Å². The molecule has 0 saturated carbocycles. The average Bonchev–Trinajstić information content (AvgIpc) is 3.10. The van der Waals surface area contributed by atoms with Crippen LogP contribution in [-0.4, -0.2) is 89.5 Å². The van der Waals surface area contributed by atoms with Crippen molar-refractivity contribution in [1.29, 1.82) is 0 Å². The van der Waals surface area contributed by atoms with Crippen molar-refractivity contribution in [3.05, 3.63) is 71.8 Å². The van der Waals surface area contributed by atoms with Crippen LogP contribution in [-0.2, 0) is 41.8 Å². The minimum Gasteiger partial charge on any atom is -0.475 e. The second-order valence-electron chi connectivity index (χ2n) is 13.0. The third kappa shape index (κ3) is 21.0. The highest BCUT2D eigenvalue weighted by molar-refractivity contribution is 5.91. The highest BCUT2D eigenvalue weighted by atomic mass is 19.4. The smallest absolute Gasteiger partial charge is 0.475 e. The number of amides is 4. The van der Waals surface area contributed by atoms with E-state index in [2.05, 4.69) is 26.4 Å². The Labute approximate surface area is 317 Å². The molecule has 0 heterocycles. The molecule has 4 amide bonds. The number of nitrogens with zero attached hydrogens (tertiary/aromatic N) is 1. The van der Waals surface area contributed by atoms with Crippen LogP contribution in [0, 0.1) is 11.8 Å². The lowest BCUT2D eigenvalue weighted by molar-refractivity contribution is -0.192. The third-order valence-electron chi connectivity index (χ3n) is 7.47. The maximum atomic E-state index is 13.6. The van der Waals surface area contributed by atoms with Gasteiger partial charge in [0.25, 0.3) is 0 Å².